The van der Waals surface area contributed by atoms with E-state index in [1.807, 2.05) is 43.3 Å². The number of nitrogens with zero attached hydrogens (tertiary/aromatic N) is 2. The molecule has 4 rings (SSSR count). The van der Waals surface area contributed by atoms with Crippen LogP contribution >= 0.6 is 0 Å². The van der Waals surface area contributed by atoms with E-state index >= 15 is 0 Å². The smallest absolute Gasteiger partial charge is 0.414 e. The van der Waals surface area contributed by atoms with Crippen LogP contribution in [0.5, 0.6) is 0 Å². The number of rotatable bonds is 4. The Kier molecular flexibility index (Phi) is 6.20. The van der Waals surface area contributed by atoms with Crippen molar-refractivity contribution in [2.75, 3.05) is 19.0 Å². The van der Waals surface area contributed by atoms with Crippen molar-refractivity contribution < 1.29 is 35.4 Å². The van der Waals surface area contributed by atoms with E-state index in [1.54, 1.807) is 11.2 Å². The first kappa shape index (κ1) is 20.9. The van der Waals surface area contributed by atoms with Crippen molar-refractivity contribution in [1.29, 1.82) is 0 Å². The van der Waals surface area contributed by atoms with E-state index in [0.29, 0.717) is 18.6 Å². The van der Waals surface area contributed by atoms with Gasteiger partial charge in [0.05, 0.1) is 39.0 Å². The molecule has 152 valence electrons. The number of carbonyl (C=O) groups excluding carboxylic acids is 1. The normalized spacial score (nSPS) is 25.0. The molecule has 3 heterocycles. The molecule has 2 saturated heterocycles. The van der Waals surface area contributed by atoms with Crippen molar-refractivity contribution in [3.05, 3.63) is 54.0 Å². The lowest BCUT2D eigenvalue weighted by atomic mass is 9.98. The summed E-state index contributed by atoms with van der Waals surface area (Å²) in [4.78, 5) is 14.8. The molecule has 2 aromatic rings. The highest BCUT2D eigenvalue weighted by molar-refractivity contribution is 5.87. The fourth-order valence-corrected chi connectivity index (χ4v) is 4.71. The number of piperidine rings is 1. The lowest BCUT2D eigenvalue weighted by molar-refractivity contribution is -0.931. The van der Waals surface area contributed by atoms with Crippen LogP contribution in [0.1, 0.15) is 37.0 Å². The second kappa shape index (κ2) is 8.29. The maximum atomic E-state index is 13.1. The summed E-state index contributed by atoms with van der Waals surface area (Å²) in [5.74, 6) is 0.789. The summed E-state index contributed by atoms with van der Waals surface area (Å²) >= 11 is 0. The molecule has 0 radical (unpaired) electrons. The summed E-state index contributed by atoms with van der Waals surface area (Å²) in [6.45, 7) is 2.37. The quantitative estimate of drug-likeness (QED) is 0.665. The fraction of sp³-hybridized carbons (Fsp3) is 0.500. The SMILES string of the molecule is Cc1ccoc1CN(C(=O)OC1C[C@H]2CC[C@@H](C1)[N+]2(C)C)c1ccccc1.[Br-]. The van der Waals surface area contributed by atoms with E-state index < -0.39 is 0 Å². The van der Waals surface area contributed by atoms with Gasteiger partial charge in [-0.25, -0.2) is 4.79 Å². The highest BCUT2D eigenvalue weighted by Crippen LogP contribution is 2.40. The minimum absolute atomic E-state index is 0. The number of anilines is 1. The van der Waals surface area contributed by atoms with Gasteiger partial charge in [0.15, 0.2) is 0 Å². The van der Waals surface area contributed by atoms with E-state index in [2.05, 4.69) is 14.1 Å². The van der Waals surface area contributed by atoms with Gasteiger partial charge in [-0.2, -0.15) is 0 Å². The van der Waals surface area contributed by atoms with Crippen molar-refractivity contribution in [2.24, 2.45) is 0 Å². The predicted molar refractivity (Wildman–Crippen MR) is 104 cm³/mol. The molecule has 1 aromatic carbocycles. The van der Waals surface area contributed by atoms with Crippen LogP contribution in [0.4, 0.5) is 10.5 Å². The van der Waals surface area contributed by atoms with Gasteiger partial charge >= 0.3 is 6.09 Å². The van der Waals surface area contributed by atoms with Gasteiger partial charge in [-0.05, 0) is 30.7 Å². The van der Waals surface area contributed by atoms with E-state index in [-0.39, 0.29) is 29.2 Å². The Bertz CT molecular complexity index is 789. The van der Waals surface area contributed by atoms with Gasteiger partial charge < -0.3 is 30.6 Å². The van der Waals surface area contributed by atoms with Gasteiger partial charge in [0.2, 0.25) is 0 Å². The lowest BCUT2D eigenvalue weighted by Crippen LogP contribution is -3.00. The predicted octanol–water partition coefficient (Wildman–Crippen LogP) is 1.51. The number of hydrogen-bond donors (Lipinski definition) is 0. The van der Waals surface area contributed by atoms with Gasteiger partial charge in [0, 0.05) is 31.4 Å². The summed E-state index contributed by atoms with van der Waals surface area (Å²) in [5.41, 5.74) is 1.87. The number of hydrogen-bond acceptors (Lipinski definition) is 3. The summed E-state index contributed by atoms with van der Waals surface area (Å²) < 4.78 is 12.7. The first-order chi connectivity index (χ1) is 12.9. The van der Waals surface area contributed by atoms with Crippen molar-refractivity contribution >= 4 is 11.8 Å². The topological polar surface area (TPSA) is 42.7 Å². The zero-order valence-electron chi connectivity index (χ0n) is 16.8. The third-order valence-electron chi connectivity index (χ3n) is 6.61. The van der Waals surface area contributed by atoms with Crippen LogP contribution in [0.25, 0.3) is 0 Å². The van der Waals surface area contributed by atoms with Gasteiger partial charge in [-0.1, -0.05) is 18.2 Å². The Morgan fingerprint density at radius 2 is 1.79 bits per heavy atom. The van der Waals surface area contributed by atoms with Crippen molar-refractivity contribution in [1.82, 2.24) is 0 Å². The molecule has 0 N–H and O–H groups in total. The third-order valence-corrected chi connectivity index (χ3v) is 6.61. The van der Waals surface area contributed by atoms with Crippen LogP contribution in [-0.2, 0) is 11.3 Å². The second-order valence-corrected chi connectivity index (χ2v) is 8.44. The molecule has 1 amide bonds. The van der Waals surface area contributed by atoms with Crippen LogP contribution in [0, 0.1) is 6.92 Å². The number of carbonyl (C=O) groups is 1. The molecule has 1 aromatic heterocycles. The Morgan fingerprint density at radius 1 is 1.14 bits per heavy atom. The Balaban J connectivity index is 0.00000225. The molecule has 0 spiro atoms. The molecule has 0 saturated carbocycles. The molecule has 0 aliphatic carbocycles. The highest BCUT2D eigenvalue weighted by atomic mass is 79.9. The monoisotopic (exact) mass is 448 g/mol. The van der Waals surface area contributed by atoms with E-state index in [0.717, 1.165) is 34.3 Å². The third kappa shape index (κ3) is 3.98. The molecule has 2 aliphatic heterocycles. The van der Waals surface area contributed by atoms with Crippen LogP contribution in [-0.4, -0.2) is 42.9 Å². The molecular weight excluding hydrogens is 420 g/mol. The number of para-hydroxylation sites is 1. The average Bonchev–Trinajstić information content (AvgIpc) is 3.07. The number of halogens is 1. The van der Waals surface area contributed by atoms with Gasteiger partial charge in [-0.3, -0.25) is 4.90 Å². The zero-order valence-corrected chi connectivity index (χ0v) is 18.4. The number of benzene rings is 1. The average molecular weight is 449 g/mol. The standard InChI is InChI=1S/C22H29N2O3.BrH/c1-16-11-12-26-21(16)15-23(17-7-5-4-6-8-17)22(25)27-20-13-18-9-10-19(14-20)24(18,2)3;/h4-8,11-12,18-20H,9-10,13-15H2,1-3H3;1H/q+1;/p-1/t18-,19+,20?;. The number of aryl methyl sites for hydroxylation is 1. The molecule has 2 aliphatic rings. The number of quaternary nitrogens is 1. The van der Waals surface area contributed by atoms with E-state index in [1.165, 1.54) is 12.8 Å². The minimum atomic E-state index is -0.284. The van der Waals surface area contributed by atoms with Crippen LogP contribution in [0.2, 0.25) is 0 Å². The highest BCUT2D eigenvalue weighted by Gasteiger charge is 2.50. The van der Waals surface area contributed by atoms with E-state index in [9.17, 15) is 4.79 Å². The molecule has 3 atom stereocenters. The first-order valence-corrected chi connectivity index (χ1v) is 9.84. The molecular formula is C22H29BrN2O3. The minimum Gasteiger partial charge on any atom is -1.00 e. The van der Waals surface area contributed by atoms with Crippen molar-refractivity contribution in [3.8, 4) is 0 Å². The summed E-state index contributed by atoms with van der Waals surface area (Å²) in [6.07, 6.45) is 5.77. The van der Waals surface area contributed by atoms with E-state index in [4.69, 9.17) is 9.15 Å². The molecule has 6 heteroatoms. The number of ether oxygens (including phenoxy) is 1. The molecule has 2 bridgehead atoms. The summed E-state index contributed by atoms with van der Waals surface area (Å²) in [7, 11) is 4.63. The van der Waals surface area contributed by atoms with Crippen LogP contribution in [0.15, 0.2) is 47.1 Å². The van der Waals surface area contributed by atoms with Crippen molar-refractivity contribution in [3.63, 3.8) is 0 Å². The van der Waals surface area contributed by atoms with Gasteiger partial charge in [-0.15, -0.1) is 0 Å². The number of furan rings is 1. The number of fused-ring (bicyclic) bond motifs is 2. The summed E-state index contributed by atoms with van der Waals surface area (Å²) in [6, 6.07) is 12.8. The Labute approximate surface area is 177 Å². The van der Waals surface area contributed by atoms with Gasteiger partial charge in [0.1, 0.15) is 11.9 Å². The van der Waals surface area contributed by atoms with Gasteiger partial charge in [0.25, 0.3) is 0 Å². The Hall–Kier alpha value is -1.79. The largest absolute Gasteiger partial charge is 1.00 e. The first-order valence-electron chi connectivity index (χ1n) is 9.84. The molecule has 5 nitrogen and oxygen atoms in total. The summed E-state index contributed by atoms with van der Waals surface area (Å²) in [5, 5.41) is 0. The fourth-order valence-electron chi connectivity index (χ4n) is 4.71. The maximum Gasteiger partial charge on any atom is 0.414 e. The Morgan fingerprint density at radius 3 is 2.36 bits per heavy atom. The number of amides is 1. The van der Waals surface area contributed by atoms with Crippen molar-refractivity contribution in [2.45, 2.75) is 57.3 Å². The molecule has 2 fully saturated rings. The van der Waals surface area contributed by atoms with Crippen LogP contribution < -0.4 is 21.9 Å². The lowest BCUT2D eigenvalue weighted by Gasteiger charge is -2.44. The van der Waals surface area contributed by atoms with Crippen LogP contribution in [0.3, 0.4) is 0 Å². The molecule has 1 unspecified atom stereocenters. The maximum absolute atomic E-state index is 13.1. The second-order valence-electron chi connectivity index (χ2n) is 8.44. The molecule has 28 heavy (non-hydrogen) atoms. The zero-order chi connectivity index (χ0) is 19.0.